The van der Waals surface area contributed by atoms with E-state index in [0.29, 0.717) is 6.54 Å². The van der Waals surface area contributed by atoms with Gasteiger partial charge in [-0.3, -0.25) is 10.1 Å². The Hall–Kier alpha value is -1.35. The van der Waals surface area contributed by atoms with E-state index >= 15 is 0 Å². The molecule has 2 N–H and O–H groups in total. The third-order valence-corrected chi connectivity index (χ3v) is 2.82. The van der Waals surface area contributed by atoms with Crippen LogP contribution in [-0.4, -0.2) is 17.1 Å². The number of hydrogen-bond acceptors (Lipinski definition) is 2. The lowest BCUT2D eigenvalue weighted by molar-refractivity contribution is -0.140. The van der Waals surface area contributed by atoms with Crippen LogP contribution in [0.4, 0.5) is 0 Å². The average molecular weight is 191 g/mol. The van der Waals surface area contributed by atoms with E-state index in [1.54, 1.807) is 0 Å². The average Bonchev–Trinajstić information content (AvgIpc) is 2.18. The molecule has 0 aromatic heterocycles. The van der Waals surface area contributed by atoms with Gasteiger partial charge in [0, 0.05) is 12.5 Å². The first-order chi connectivity index (χ1) is 6.70. The Balaban J connectivity index is 2.36. The van der Waals surface area contributed by atoms with Crippen molar-refractivity contribution in [3.8, 4) is 0 Å². The molecular weight excluding hydrogens is 178 g/mol. The summed E-state index contributed by atoms with van der Waals surface area (Å²) >= 11 is 0. The second-order valence-corrected chi connectivity index (χ2v) is 3.68. The van der Waals surface area contributed by atoms with Crippen molar-refractivity contribution in [3.63, 3.8) is 0 Å². The summed E-state index contributed by atoms with van der Waals surface area (Å²) < 4.78 is 0. The van der Waals surface area contributed by atoms with Gasteiger partial charge in [0.1, 0.15) is 6.04 Å². The quantitative estimate of drug-likeness (QED) is 0.704. The highest BCUT2D eigenvalue weighted by molar-refractivity contribution is 5.75. The van der Waals surface area contributed by atoms with Crippen molar-refractivity contribution >= 4 is 5.97 Å². The van der Waals surface area contributed by atoms with Crippen LogP contribution in [0.3, 0.4) is 0 Å². The van der Waals surface area contributed by atoms with E-state index in [1.807, 2.05) is 31.2 Å². The van der Waals surface area contributed by atoms with Gasteiger partial charge in [-0.2, -0.15) is 0 Å². The van der Waals surface area contributed by atoms with E-state index in [-0.39, 0.29) is 5.92 Å². The zero-order chi connectivity index (χ0) is 10.1. The number of rotatable bonds is 1. The van der Waals surface area contributed by atoms with Crippen molar-refractivity contribution in [2.24, 2.45) is 0 Å². The van der Waals surface area contributed by atoms with E-state index in [4.69, 9.17) is 5.11 Å². The molecule has 0 aliphatic carbocycles. The van der Waals surface area contributed by atoms with E-state index in [0.717, 1.165) is 5.56 Å². The highest BCUT2D eigenvalue weighted by Gasteiger charge is 2.30. The third-order valence-electron chi connectivity index (χ3n) is 2.82. The van der Waals surface area contributed by atoms with Gasteiger partial charge in [-0.05, 0) is 11.1 Å². The van der Waals surface area contributed by atoms with Crippen molar-refractivity contribution < 1.29 is 9.90 Å². The van der Waals surface area contributed by atoms with Crippen molar-refractivity contribution in [2.45, 2.75) is 25.4 Å². The first-order valence-electron chi connectivity index (χ1n) is 4.74. The topological polar surface area (TPSA) is 49.3 Å². The largest absolute Gasteiger partial charge is 0.480 e. The van der Waals surface area contributed by atoms with E-state index in [9.17, 15) is 4.79 Å². The Morgan fingerprint density at radius 3 is 2.93 bits per heavy atom. The molecule has 1 aliphatic rings. The fourth-order valence-corrected chi connectivity index (χ4v) is 2.02. The van der Waals surface area contributed by atoms with Crippen LogP contribution in [0, 0.1) is 0 Å². The van der Waals surface area contributed by atoms with Gasteiger partial charge in [-0.15, -0.1) is 0 Å². The maximum absolute atomic E-state index is 10.9. The van der Waals surface area contributed by atoms with Crippen molar-refractivity contribution in [3.05, 3.63) is 35.4 Å². The van der Waals surface area contributed by atoms with Gasteiger partial charge in [0.25, 0.3) is 0 Å². The van der Waals surface area contributed by atoms with Crippen LogP contribution in [0.5, 0.6) is 0 Å². The molecule has 0 bridgehead atoms. The number of fused-ring (bicyclic) bond motifs is 1. The lowest BCUT2D eigenvalue weighted by atomic mass is 9.86. The van der Waals surface area contributed by atoms with Gasteiger partial charge in [-0.25, -0.2) is 0 Å². The minimum atomic E-state index is -0.771. The predicted octanol–water partition coefficient (Wildman–Crippen LogP) is 1.35. The fraction of sp³-hybridized carbons (Fsp3) is 0.364. The summed E-state index contributed by atoms with van der Waals surface area (Å²) in [4.78, 5) is 10.9. The smallest absolute Gasteiger partial charge is 0.321 e. The highest BCUT2D eigenvalue weighted by atomic mass is 16.4. The standard InChI is InChI=1S/C11H13NO2/c1-7-9-5-3-2-4-8(9)6-12-10(7)11(13)14/h2-5,7,10,12H,6H2,1H3,(H,13,14)/t7?,10-/m0/s1. The SMILES string of the molecule is CC1c2ccccc2CN[C@@H]1C(=O)O. The van der Waals surface area contributed by atoms with Crippen LogP contribution in [0.25, 0.3) is 0 Å². The third kappa shape index (κ3) is 1.40. The van der Waals surface area contributed by atoms with E-state index in [1.165, 1.54) is 5.56 Å². The van der Waals surface area contributed by atoms with Crippen LogP contribution in [0.2, 0.25) is 0 Å². The summed E-state index contributed by atoms with van der Waals surface area (Å²) in [5.41, 5.74) is 2.36. The molecule has 1 aliphatic heterocycles. The molecule has 0 saturated heterocycles. The Bertz CT molecular complexity index is 362. The molecule has 0 radical (unpaired) electrons. The number of carbonyl (C=O) groups is 1. The molecule has 14 heavy (non-hydrogen) atoms. The zero-order valence-corrected chi connectivity index (χ0v) is 8.03. The Kier molecular flexibility index (Phi) is 2.25. The van der Waals surface area contributed by atoms with Gasteiger partial charge in [0.2, 0.25) is 0 Å². The maximum Gasteiger partial charge on any atom is 0.321 e. The molecule has 0 amide bonds. The summed E-state index contributed by atoms with van der Waals surface area (Å²) in [7, 11) is 0. The molecule has 2 atom stereocenters. The normalized spacial score (nSPS) is 25.5. The van der Waals surface area contributed by atoms with Crippen molar-refractivity contribution in [1.29, 1.82) is 0 Å². The number of nitrogens with one attached hydrogen (secondary N) is 1. The summed E-state index contributed by atoms with van der Waals surface area (Å²) in [5.74, 6) is -0.732. The number of aliphatic carboxylic acids is 1. The maximum atomic E-state index is 10.9. The van der Waals surface area contributed by atoms with Gasteiger partial charge >= 0.3 is 5.97 Å². The van der Waals surface area contributed by atoms with Gasteiger partial charge in [-0.1, -0.05) is 31.2 Å². The van der Waals surface area contributed by atoms with Gasteiger partial charge in [0.05, 0.1) is 0 Å². The molecule has 74 valence electrons. The zero-order valence-electron chi connectivity index (χ0n) is 8.03. The lowest BCUT2D eigenvalue weighted by Crippen LogP contribution is -2.43. The summed E-state index contributed by atoms with van der Waals surface area (Å²) in [5, 5.41) is 12.0. The predicted molar refractivity (Wildman–Crippen MR) is 53.1 cm³/mol. The van der Waals surface area contributed by atoms with E-state index in [2.05, 4.69) is 5.32 Å². The molecule has 3 heteroatoms. The number of carboxylic acids is 1. The van der Waals surface area contributed by atoms with E-state index < -0.39 is 12.0 Å². The molecule has 1 aromatic rings. The fourth-order valence-electron chi connectivity index (χ4n) is 2.02. The van der Waals surface area contributed by atoms with Crippen LogP contribution < -0.4 is 5.32 Å². The summed E-state index contributed by atoms with van der Waals surface area (Å²) in [6, 6.07) is 7.53. The molecule has 1 heterocycles. The minimum absolute atomic E-state index is 0.0393. The minimum Gasteiger partial charge on any atom is -0.480 e. The molecule has 2 rings (SSSR count). The molecule has 0 spiro atoms. The molecule has 3 nitrogen and oxygen atoms in total. The number of hydrogen-bond donors (Lipinski definition) is 2. The van der Waals surface area contributed by atoms with Crippen LogP contribution in [-0.2, 0) is 11.3 Å². The van der Waals surface area contributed by atoms with Crippen molar-refractivity contribution in [1.82, 2.24) is 5.32 Å². The second-order valence-electron chi connectivity index (χ2n) is 3.68. The Morgan fingerprint density at radius 1 is 1.50 bits per heavy atom. The second kappa shape index (κ2) is 3.42. The van der Waals surface area contributed by atoms with Crippen LogP contribution >= 0.6 is 0 Å². The molecule has 0 fully saturated rings. The highest BCUT2D eigenvalue weighted by Crippen LogP contribution is 2.27. The first-order valence-corrected chi connectivity index (χ1v) is 4.74. The monoisotopic (exact) mass is 191 g/mol. The van der Waals surface area contributed by atoms with Crippen molar-refractivity contribution in [2.75, 3.05) is 0 Å². The lowest BCUT2D eigenvalue weighted by Gasteiger charge is -2.29. The molecular formula is C11H13NO2. The Morgan fingerprint density at radius 2 is 2.21 bits per heavy atom. The summed E-state index contributed by atoms with van der Waals surface area (Å²) in [6.45, 7) is 2.60. The number of carboxylic acid groups (broad SMARTS) is 1. The van der Waals surface area contributed by atoms with Crippen LogP contribution in [0.1, 0.15) is 24.0 Å². The van der Waals surface area contributed by atoms with Gasteiger partial charge < -0.3 is 5.11 Å². The molecule has 1 unspecified atom stereocenters. The van der Waals surface area contributed by atoms with Crippen LogP contribution in [0.15, 0.2) is 24.3 Å². The van der Waals surface area contributed by atoms with Gasteiger partial charge in [0.15, 0.2) is 0 Å². The first kappa shape index (κ1) is 9.21. The summed E-state index contributed by atoms with van der Waals surface area (Å²) in [6.07, 6.45) is 0. The number of benzene rings is 1. The molecule has 0 saturated carbocycles. The Labute approximate surface area is 82.8 Å². The molecule has 1 aromatic carbocycles.